The molecule has 0 unspecified atom stereocenters. The number of unbranched alkanes of at least 4 members (excludes halogenated alkanes) is 12. The first-order valence-electron chi connectivity index (χ1n) is 12.1. The molecule has 0 atom stereocenters. The second kappa shape index (κ2) is 23.7. The molecular formula is C24H44O6. The Hall–Kier alpha value is -1.59. The Morgan fingerprint density at radius 2 is 0.967 bits per heavy atom. The molecule has 0 saturated heterocycles. The molecule has 0 radical (unpaired) electrons. The molecule has 0 fully saturated rings. The van der Waals surface area contributed by atoms with Gasteiger partial charge in [-0.05, 0) is 32.1 Å². The molecule has 0 aromatic carbocycles. The van der Waals surface area contributed by atoms with Gasteiger partial charge in [0.25, 0.3) is 6.47 Å². The SMILES string of the molecule is CCCCCCCOC(=O)CCCCCCCOC(=O)CCCCCCCOC=O. The molecule has 0 bridgehead atoms. The maximum Gasteiger partial charge on any atom is 0.305 e. The van der Waals surface area contributed by atoms with Gasteiger partial charge in [-0.25, -0.2) is 0 Å². The van der Waals surface area contributed by atoms with Crippen molar-refractivity contribution in [3.8, 4) is 0 Å². The molecule has 0 aliphatic carbocycles. The highest BCUT2D eigenvalue weighted by molar-refractivity contribution is 5.69. The minimum atomic E-state index is -0.114. The van der Waals surface area contributed by atoms with Crippen molar-refractivity contribution in [2.75, 3.05) is 19.8 Å². The third-order valence-electron chi connectivity index (χ3n) is 5.01. The summed E-state index contributed by atoms with van der Waals surface area (Å²) in [6.45, 7) is 4.19. The fourth-order valence-electron chi connectivity index (χ4n) is 3.16. The van der Waals surface area contributed by atoms with Gasteiger partial charge >= 0.3 is 11.9 Å². The van der Waals surface area contributed by atoms with Crippen molar-refractivity contribution in [2.24, 2.45) is 0 Å². The molecule has 0 N–H and O–H groups in total. The number of hydrogen-bond acceptors (Lipinski definition) is 6. The standard InChI is InChI=1S/C24H44O6/c1-2-3-4-9-15-20-29-23(26)18-13-8-6-11-16-21-30-24(27)17-12-7-5-10-14-19-28-22-25/h22H,2-21H2,1H3. The van der Waals surface area contributed by atoms with Crippen LogP contribution in [0.2, 0.25) is 0 Å². The lowest BCUT2D eigenvalue weighted by atomic mass is 10.1. The van der Waals surface area contributed by atoms with Gasteiger partial charge in [0.15, 0.2) is 0 Å². The van der Waals surface area contributed by atoms with Crippen molar-refractivity contribution < 1.29 is 28.6 Å². The second-order valence-electron chi connectivity index (χ2n) is 7.86. The molecule has 30 heavy (non-hydrogen) atoms. The molecule has 0 amide bonds. The third kappa shape index (κ3) is 22.7. The highest BCUT2D eigenvalue weighted by atomic mass is 16.5. The highest BCUT2D eigenvalue weighted by Crippen LogP contribution is 2.09. The van der Waals surface area contributed by atoms with Crippen LogP contribution in [0.4, 0.5) is 0 Å². The van der Waals surface area contributed by atoms with Crippen molar-refractivity contribution in [2.45, 2.75) is 116 Å². The van der Waals surface area contributed by atoms with Crippen LogP contribution in [0, 0.1) is 0 Å². The highest BCUT2D eigenvalue weighted by Gasteiger charge is 2.04. The van der Waals surface area contributed by atoms with E-state index in [-0.39, 0.29) is 11.9 Å². The summed E-state index contributed by atoms with van der Waals surface area (Å²) in [5.41, 5.74) is 0. The normalized spacial score (nSPS) is 10.6. The van der Waals surface area contributed by atoms with Gasteiger partial charge in [-0.2, -0.15) is 0 Å². The molecular weight excluding hydrogens is 384 g/mol. The summed E-state index contributed by atoms with van der Waals surface area (Å²) in [5.74, 6) is -0.189. The lowest BCUT2D eigenvalue weighted by molar-refractivity contribution is -0.145. The zero-order valence-corrected chi connectivity index (χ0v) is 19.2. The van der Waals surface area contributed by atoms with Gasteiger partial charge in [-0.15, -0.1) is 0 Å². The van der Waals surface area contributed by atoms with Crippen LogP contribution in [0.5, 0.6) is 0 Å². The van der Waals surface area contributed by atoms with Gasteiger partial charge in [0, 0.05) is 12.8 Å². The Bertz CT molecular complexity index is 411. The average Bonchev–Trinajstić information content (AvgIpc) is 2.74. The maximum absolute atomic E-state index is 11.7. The van der Waals surface area contributed by atoms with Gasteiger partial charge in [-0.1, -0.05) is 71.1 Å². The quantitative estimate of drug-likeness (QED) is 0.0873. The van der Waals surface area contributed by atoms with E-state index in [1.807, 2.05) is 0 Å². The van der Waals surface area contributed by atoms with E-state index in [1.54, 1.807) is 0 Å². The number of carbonyl (C=O) groups excluding carboxylic acids is 3. The molecule has 6 nitrogen and oxygen atoms in total. The van der Waals surface area contributed by atoms with E-state index in [4.69, 9.17) is 9.47 Å². The van der Waals surface area contributed by atoms with E-state index < -0.39 is 0 Å². The first-order valence-corrected chi connectivity index (χ1v) is 12.1. The molecule has 6 heteroatoms. The molecule has 0 aromatic rings. The smallest absolute Gasteiger partial charge is 0.305 e. The lowest BCUT2D eigenvalue weighted by Gasteiger charge is -2.06. The predicted molar refractivity (Wildman–Crippen MR) is 118 cm³/mol. The summed E-state index contributed by atoms with van der Waals surface area (Å²) in [6, 6.07) is 0. The molecule has 0 aromatic heterocycles. The van der Waals surface area contributed by atoms with Crippen LogP contribution in [0.1, 0.15) is 116 Å². The minimum Gasteiger partial charge on any atom is -0.468 e. The van der Waals surface area contributed by atoms with Crippen LogP contribution in [0.3, 0.4) is 0 Å². The van der Waals surface area contributed by atoms with E-state index in [2.05, 4.69) is 11.7 Å². The van der Waals surface area contributed by atoms with Crippen molar-refractivity contribution in [3.05, 3.63) is 0 Å². The van der Waals surface area contributed by atoms with Crippen LogP contribution in [-0.2, 0) is 28.6 Å². The van der Waals surface area contributed by atoms with Gasteiger partial charge in [0.2, 0.25) is 0 Å². The minimum absolute atomic E-state index is 0.0753. The lowest BCUT2D eigenvalue weighted by Crippen LogP contribution is -2.06. The molecule has 176 valence electrons. The molecule has 0 spiro atoms. The Morgan fingerprint density at radius 3 is 1.43 bits per heavy atom. The predicted octanol–water partition coefficient (Wildman–Crippen LogP) is 5.90. The largest absolute Gasteiger partial charge is 0.468 e. The van der Waals surface area contributed by atoms with E-state index in [1.165, 1.54) is 19.3 Å². The summed E-state index contributed by atoms with van der Waals surface area (Å²) in [4.78, 5) is 33.3. The third-order valence-corrected chi connectivity index (χ3v) is 5.01. The van der Waals surface area contributed by atoms with E-state index in [0.717, 1.165) is 77.0 Å². The Labute approximate surface area is 183 Å². The van der Waals surface area contributed by atoms with E-state index in [0.29, 0.717) is 39.1 Å². The monoisotopic (exact) mass is 428 g/mol. The van der Waals surface area contributed by atoms with Crippen LogP contribution < -0.4 is 0 Å². The van der Waals surface area contributed by atoms with Crippen LogP contribution in [0.15, 0.2) is 0 Å². The first kappa shape index (κ1) is 28.4. The molecule has 0 heterocycles. The number of rotatable bonds is 23. The summed E-state index contributed by atoms with van der Waals surface area (Å²) in [6.07, 6.45) is 16.4. The van der Waals surface area contributed by atoms with Crippen LogP contribution in [-0.4, -0.2) is 38.2 Å². The average molecular weight is 429 g/mol. The Morgan fingerprint density at radius 1 is 0.567 bits per heavy atom. The van der Waals surface area contributed by atoms with Crippen molar-refractivity contribution >= 4 is 18.4 Å². The van der Waals surface area contributed by atoms with Crippen LogP contribution in [0.25, 0.3) is 0 Å². The van der Waals surface area contributed by atoms with Crippen molar-refractivity contribution in [1.29, 1.82) is 0 Å². The number of ether oxygens (including phenoxy) is 3. The fraction of sp³-hybridized carbons (Fsp3) is 0.875. The zero-order chi connectivity index (χ0) is 22.1. The van der Waals surface area contributed by atoms with Gasteiger partial charge < -0.3 is 14.2 Å². The molecule has 0 saturated carbocycles. The van der Waals surface area contributed by atoms with Crippen LogP contribution >= 0.6 is 0 Å². The van der Waals surface area contributed by atoms with E-state index in [9.17, 15) is 14.4 Å². The van der Waals surface area contributed by atoms with Crippen molar-refractivity contribution in [1.82, 2.24) is 0 Å². The number of esters is 2. The first-order chi connectivity index (χ1) is 14.7. The molecule has 0 aliphatic heterocycles. The number of hydrogen-bond donors (Lipinski definition) is 0. The Balaban J connectivity index is 3.26. The topological polar surface area (TPSA) is 78.9 Å². The summed E-state index contributed by atoms with van der Waals surface area (Å²) in [7, 11) is 0. The van der Waals surface area contributed by atoms with Crippen molar-refractivity contribution in [3.63, 3.8) is 0 Å². The fourth-order valence-corrected chi connectivity index (χ4v) is 3.16. The summed E-state index contributed by atoms with van der Waals surface area (Å²) in [5, 5.41) is 0. The number of carbonyl (C=O) groups is 3. The van der Waals surface area contributed by atoms with Gasteiger partial charge in [-0.3, -0.25) is 14.4 Å². The summed E-state index contributed by atoms with van der Waals surface area (Å²) < 4.78 is 15.1. The maximum atomic E-state index is 11.7. The Kier molecular flexibility index (Phi) is 22.4. The molecule has 0 rings (SSSR count). The van der Waals surface area contributed by atoms with Gasteiger partial charge in [0.1, 0.15) is 0 Å². The zero-order valence-electron chi connectivity index (χ0n) is 19.2. The second-order valence-corrected chi connectivity index (χ2v) is 7.86. The molecule has 0 aliphatic rings. The van der Waals surface area contributed by atoms with Gasteiger partial charge in [0.05, 0.1) is 19.8 Å². The summed E-state index contributed by atoms with van der Waals surface area (Å²) >= 11 is 0. The van der Waals surface area contributed by atoms with E-state index >= 15 is 0 Å².